The second-order valence-corrected chi connectivity index (χ2v) is 3.78. The van der Waals surface area contributed by atoms with Gasteiger partial charge in [0, 0.05) is 11.8 Å². The molecule has 94 valence electrons. The molecule has 1 atom stereocenters. The van der Waals surface area contributed by atoms with Crippen LogP contribution in [0, 0.1) is 11.6 Å². The number of methoxy groups -OCH3 is 1. The predicted molar refractivity (Wildman–Crippen MR) is 63.2 cm³/mol. The molecule has 18 heavy (non-hydrogen) atoms. The van der Waals surface area contributed by atoms with Gasteiger partial charge in [-0.3, -0.25) is 4.98 Å². The van der Waals surface area contributed by atoms with Crippen molar-refractivity contribution in [3.63, 3.8) is 0 Å². The summed E-state index contributed by atoms with van der Waals surface area (Å²) in [6.07, 6.45) is 3.01. The van der Waals surface area contributed by atoms with Crippen LogP contribution in [0.4, 0.5) is 8.78 Å². The van der Waals surface area contributed by atoms with E-state index in [9.17, 15) is 8.78 Å². The molecule has 2 rings (SSSR count). The van der Waals surface area contributed by atoms with Crippen LogP contribution in [0.25, 0.3) is 0 Å². The normalized spacial score (nSPS) is 12.2. The monoisotopic (exact) mass is 250 g/mol. The molecule has 0 saturated carbocycles. The highest BCUT2D eigenvalue weighted by Crippen LogP contribution is 2.25. The van der Waals surface area contributed by atoms with Gasteiger partial charge in [-0.2, -0.15) is 0 Å². The SMILES string of the molecule is COc1cncc(C(N)c2cccc(F)c2F)c1. The van der Waals surface area contributed by atoms with Crippen molar-refractivity contribution in [2.75, 3.05) is 7.11 Å². The van der Waals surface area contributed by atoms with Crippen molar-refractivity contribution in [3.05, 3.63) is 59.4 Å². The van der Waals surface area contributed by atoms with Crippen LogP contribution in [0.3, 0.4) is 0 Å². The fraction of sp³-hybridized carbons (Fsp3) is 0.154. The molecule has 0 fully saturated rings. The van der Waals surface area contributed by atoms with Gasteiger partial charge in [-0.25, -0.2) is 8.78 Å². The summed E-state index contributed by atoms with van der Waals surface area (Å²) in [5.41, 5.74) is 6.55. The largest absolute Gasteiger partial charge is 0.495 e. The molecule has 0 aliphatic heterocycles. The number of nitrogens with zero attached hydrogens (tertiary/aromatic N) is 1. The van der Waals surface area contributed by atoms with Gasteiger partial charge in [-0.1, -0.05) is 12.1 Å². The summed E-state index contributed by atoms with van der Waals surface area (Å²) < 4.78 is 31.8. The summed E-state index contributed by atoms with van der Waals surface area (Å²) >= 11 is 0. The highest BCUT2D eigenvalue weighted by molar-refractivity contribution is 5.34. The molecule has 0 aliphatic carbocycles. The van der Waals surface area contributed by atoms with E-state index in [2.05, 4.69) is 4.98 Å². The highest BCUT2D eigenvalue weighted by atomic mass is 19.2. The smallest absolute Gasteiger partial charge is 0.163 e. The van der Waals surface area contributed by atoms with Crippen molar-refractivity contribution in [2.45, 2.75) is 6.04 Å². The number of aromatic nitrogens is 1. The maximum Gasteiger partial charge on any atom is 0.163 e. The standard InChI is InChI=1S/C13H12F2N2O/c1-18-9-5-8(6-17-7-9)13(16)10-3-2-4-11(14)12(10)15/h2-7,13H,16H2,1H3. The number of pyridine rings is 1. The van der Waals surface area contributed by atoms with Gasteiger partial charge in [0.2, 0.25) is 0 Å². The Morgan fingerprint density at radius 3 is 2.78 bits per heavy atom. The van der Waals surface area contributed by atoms with Crippen LogP contribution >= 0.6 is 0 Å². The van der Waals surface area contributed by atoms with E-state index in [0.717, 1.165) is 6.07 Å². The minimum atomic E-state index is -0.937. The Balaban J connectivity index is 2.41. The molecular weight excluding hydrogens is 238 g/mol. The zero-order valence-corrected chi connectivity index (χ0v) is 9.73. The average Bonchev–Trinajstić information content (AvgIpc) is 2.41. The fourth-order valence-corrected chi connectivity index (χ4v) is 1.66. The van der Waals surface area contributed by atoms with Crippen LogP contribution in [0.2, 0.25) is 0 Å². The Morgan fingerprint density at radius 1 is 1.28 bits per heavy atom. The summed E-state index contributed by atoms with van der Waals surface area (Å²) in [7, 11) is 1.50. The van der Waals surface area contributed by atoms with E-state index < -0.39 is 17.7 Å². The molecule has 0 saturated heterocycles. The van der Waals surface area contributed by atoms with Gasteiger partial charge in [0.05, 0.1) is 19.3 Å². The maximum absolute atomic E-state index is 13.6. The quantitative estimate of drug-likeness (QED) is 0.910. The molecule has 2 aromatic rings. The van der Waals surface area contributed by atoms with Gasteiger partial charge >= 0.3 is 0 Å². The van der Waals surface area contributed by atoms with E-state index in [0.29, 0.717) is 11.3 Å². The van der Waals surface area contributed by atoms with Crippen molar-refractivity contribution < 1.29 is 13.5 Å². The van der Waals surface area contributed by atoms with E-state index in [-0.39, 0.29) is 5.56 Å². The lowest BCUT2D eigenvalue weighted by Gasteiger charge is -2.14. The lowest BCUT2D eigenvalue weighted by molar-refractivity contribution is 0.412. The minimum absolute atomic E-state index is 0.0880. The van der Waals surface area contributed by atoms with Gasteiger partial charge in [-0.05, 0) is 17.7 Å². The second kappa shape index (κ2) is 5.10. The number of ether oxygens (including phenoxy) is 1. The number of benzene rings is 1. The van der Waals surface area contributed by atoms with Crippen LogP contribution in [-0.2, 0) is 0 Å². The zero-order chi connectivity index (χ0) is 13.1. The van der Waals surface area contributed by atoms with Gasteiger partial charge in [0.25, 0.3) is 0 Å². The molecule has 1 heterocycles. The molecule has 3 nitrogen and oxygen atoms in total. The number of halogens is 2. The van der Waals surface area contributed by atoms with E-state index in [1.807, 2.05) is 0 Å². The molecule has 0 radical (unpaired) electrons. The van der Waals surface area contributed by atoms with Crippen molar-refractivity contribution in [1.29, 1.82) is 0 Å². The number of hydrogen-bond acceptors (Lipinski definition) is 3. The first-order chi connectivity index (χ1) is 8.63. The Hall–Kier alpha value is -2.01. The Kier molecular flexibility index (Phi) is 3.53. The summed E-state index contributed by atoms with van der Waals surface area (Å²) in [5, 5.41) is 0. The topological polar surface area (TPSA) is 48.1 Å². The van der Waals surface area contributed by atoms with Gasteiger partial charge in [-0.15, -0.1) is 0 Å². The fourth-order valence-electron chi connectivity index (χ4n) is 1.66. The van der Waals surface area contributed by atoms with Crippen molar-refractivity contribution in [3.8, 4) is 5.75 Å². The number of rotatable bonds is 3. The molecule has 0 spiro atoms. The number of nitrogens with two attached hydrogens (primary N) is 1. The van der Waals surface area contributed by atoms with Crippen LogP contribution < -0.4 is 10.5 Å². The minimum Gasteiger partial charge on any atom is -0.495 e. The predicted octanol–water partition coefficient (Wildman–Crippen LogP) is 2.42. The van der Waals surface area contributed by atoms with E-state index in [1.54, 1.807) is 6.07 Å². The van der Waals surface area contributed by atoms with Crippen molar-refractivity contribution in [1.82, 2.24) is 4.98 Å². The summed E-state index contributed by atoms with van der Waals surface area (Å²) in [4.78, 5) is 3.93. The Labute approximate surface area is 103 Å². The van der Waals surface area contributed by atoms with Crippen LogP contribution in [-0.4, -0.2) is 12.1 Å². The van der Waals surface area contributed by atoms with Gasteiger partial charge in [0.15, 0.2) is 11.6 Å². The van der Waals surface area contributed by atoms with Crippen molar-refractivity contribution in [2.24, 2.45) is 5.73 Å². The summed E-state index contributed by atoms with van der Waals surface area (Å²) in [5.74, 6) is -1.34. The van der Waals surface area contributed by atoms with Crippen LogP contribution in [0.15, 0.2) is 36.7 Å². The van der Waals surface area contributed by atoms with Gasteiger partial charge in [0.1, 0.15) is 5.75 Å². The van der Waals surface area contributed by atoms with E-state index >= 15 is 0 Å². The molecule has 0 aliphatic rings. The lowest BCUT2D eigenvalue weighted by Crippen LogP contribution is -2.14. The van der Waals surface area contributed by atoms with Gasteiger partial charge < -0.3 is 10.5 Å². The third-order valence-electron chi connectivity index (χ3n) is 2.65. The molecule has 5 heteroatoms. The first-order valence-corrected chi connectivity index (χ1v) is 5.32. The van der Waals surface area contributed by atoms with Crippen LogP contribution in [0.5, 0.6) is 5.75 Å². The van der Waals surface area contributed by atoms with Crippen molar-refractivity contribution >= 4 is 0 Å². The molecule has 0 amide bonds. The average molecular weight is 250 g/mol. The third-order valence-corrected chi connectivity index (χ3v) is 2.65. The zero-order valence-electron chi connectivity index (χ0n) is 9.73. The highest BCUT2D eigenvalue weighted by Gasteiger charge is 2.17. The first kappa shape index (κ1) is 12.4. The van der Waals surface area contributed by atoms with Crippen LogP contribution in [0.1, 0.15) is 17.2 Å². The third kappa shape index (κ3) is 2.31. The Morgan fingerprint density at radius 2 is 2.06 bits per heavy atom. The molecular formula is C13H12F2N2O. The summed E-state index contributed by atoms with van der Waals surface area (Å²) in [6, 6.07) is 4.77. The summed E-state index contributed by atoms with van der Waals surface area (Å²) in [6.45, 7) is 0. The molecule has 1 aromatic heterocycles. The van der Waals surface area contributed by atoms with E-state index in [4.69, 9.17) is 10.5 Å². The lowest BCUT2D eigenvalue weighted by atomic mass is 10.0. The van der Waals surface area contributed by atoms with E-state index in [1.165, 1.54) is 31.6 Å². The Bertz CT molecular complexity index is 560. The number of hydrogen-bond donors (Lipinski definition) is 1. The molecule has 1 unspecified atom stereocenters. The molecule has 2 N–H and O–H groups in total. The molecule has 1 aromatic carbocycles. The second-order valence-electron chi connectivity index (χ2n) is 3.78. The first-order valence-electron chi connectivity index (χ1n) is 5.32. The maximum atomic E-state index is 13.6. The molecule has 0 bridgehead atoms.